The number of amides is 1. The van der Waals surface area contributed by atoms with Crippen LogP contribution in [0.25, 0.3) is 0 Å². The normalized spacial score (nSPS) is 12.0. The lowest BCUT2D eigenvalue weighted by atomic mass is 10.2. The topological polar surface area (TPSA) is 55.6 Å². The van der Waals surface area contributed by atoms with Crippen LogP contribution in [-0.2, 0) is 0 Å². The van der Waals surface area contributed by atoms with Crippen molar-refractivity contribution in [3.8, 4) is 5.75 Å². The first-order valence-corrected chi connectivity index (χ1v) is 7.28. The van der Waals surface area contributed by atoms with E-state index in [0.717, 1.165) is 31.6 Å². The summed E-state index contributed by atoms with van der Waals surface area (Å²) in [6.07, 6.45) is 2.96. The fourth-order valence-electron chi connectivity index (χ4n) is 1.75. The van der Waals surface area contributed by atoms with Gasteiger partial charge in [-0.1, -0.05) is 13.3 Å². The van der Waals surface area contributed by atoms with Gasteiger partial charge in [-0.3, -0.25) is 4.79 Å². The second kappa shape index (κ2) is 8.59. The minimum Gasteiger partial charge on any atom is -0.494 e. The van der Waals surface area contributed by atoms with Gasteiger partial charge in [0.2, 0.25) is 0 Å². The number of ether oxygens (including phenoxy) is 1. The fraction of sp³-hybridized carbons (Fsp3) is 0.562. The smallest absolute Gasteiger partial charge is 0.253 e. The highest BCUT2D eigenvalue weighted by Crippen LogP contribution is 2.14. The van der Waals surface area contributed by atoms with Crippen molar-refractivity contribution in [2.24, 2.45) is 5.73 Å². The number of benzene rings is 1. The van der Waals surface area contributed by atoms with Crippen LogP contribution < -0.4 is 10.5 Å². The van der Waals surface area contributed by atoms with E-state index in [1.807, 2.05) is 31.2 Å². The van der Waals surface area contributed by atoms with Gasteiger partial charge in [0.1, 0.15) is 5.75 Å². The number of carbonyl (C=O) groups is 1. The lowest BCUT2D eigenvalue weighted by Gasteiger charge is -2.18. The Kier molecular flexibility index (Phi) is 7.09. The average molecular weight is 278 g/mol. The molecular weight excluding hydrogens is 252 g/mol. The molecule has 1 aromatic rings. The van der Waals surface area contributed by atoms with Gasteiger partial charge < -0.3 is 15.4 Å². The molecule has 0 aliphatic heterocycles. The van der Waals surface area contributed by atoms with Crippen LogP contribution in [0.15, 0.2) is 24.3 Å². The summed E-state index contributed by atoms with van der Waals surface area (Å²) < 4.78 is 5.58. The van der Waals surface area contributed by atoms with Crippen LogP contribution in [0.5, 0.6) is 5.75 Å². The summed E-state index contributed by atoms with van der Waals surface area (Å²) in [5, 5.41) is 0. The third-order valence-corrected chi connectivity index (χ3v) is 3.13. The Bertz CT molecular complexity index is 401. The molecule has 0 aliphatic carbocycles. The number of nitrogens with zero attached hydrogens (tertiary/aromatic N) is 1. The zero-order valence-electron chi connectivity index (χ0n) is 12.8. The van der Waals surface area contributed by atoms with Crippen LogP contribution in [0.2, 0.25) is 0 Å². The SMILES string of the molecule is CCCCOc1ccc(C(=O)N(C)CCC(C)N)cc1. The van der Waals surface area contributed by atoms with E-state index >= 15 is 0 Å². The van der Waals surface area contributed by atoms with E-state index in [1.54, 1.807) is 11.9 Å². The monoisotopic (exact) mass is 278 g/mol. The van der Waals surface area contributed by atoms with E-state index in [0.29, 0.717) is 12.1 Å². The molecule has 1 unspecified atom stereocenters. The predicted octanol–water partition coefficient (Wildman–Crippen LogP) is 2.67. The van der Waals surface area contributed by atoms with Crippen molar-refractivity contribution in [3.05, 3.63) is 29.8 Å². The molecule has 0 heterocycles. The van der Waals surface area contributed by atoms with Gasteiger partial charge in [-0.05, 0) is 44.0 Å². The maximum Gasteiger partial charge on any atom is 0.253 e. The van der Waals surface area contributed by atoms with Gasteiger partial charge in [-0.25, -0.2) is 0 Å². The van der Waals surface area contributed by atoms with Crippen molar-refractivity contribution in [2.45, 2.75) is 39.2 Å². The van der Waals surface area contributed by atoms with Crippen molar-refractivity contribution < 1.29 is 9.53 Å². The van der Waals surface area contributed by atoms with Crippen LogP contribution >= 0.6 is 0 Å². The lowest BCUT2D eigenvalue weighted by molar-refractivity contribution is 0.0792. The van der Waals surface area contributed by atoms with Crippen LogP contribution in [0.3, 0.4) is 0 Å². The molecule has 0 saturated carbocycles. The highest BCUT2D eigenvalue weighted by Gasteiger charge is 2.11. The van der Waals surface area contributed by atoms with Gasteiger partial charge in [-0.15, -0.1) is 0 Å². The molecule has 20 heavy (non-hydrogen) atoms. The highest BCUT2D eigenvalue weighted by atomic mass is 16.5. The van der Waals surface area contributed by atoms with E-state index < -0.39 is 0 Å². The standard InChI is InChI=1S/C16H26N2O2/c1-4-5-12-20-15-8-6-14(7-9-15)16(19)18(3)11-10-13(2)17/h6-9,13H,4-5,10-12,17H2,1-3H3. The first kappa shape index (κ1) is 16.5. The molecule has 0 saturated heterocycles. The third kappa shape index (κ3) is 5.61. The molecule has 0 bridgehead atoms. The molecule has 4 heteroatoms. The predicted molar refractivity (Wildman–Crippen MR) is 82.1 cm³/mol. The summed E-state index contributed by atoms with van der Waals surface area (Å²) >= 11 is 0. The van der Waals surface area contributed by atoms with Gasteiger partial charge >= 0.3 is 0 Å². The Balaban J connectivity index is 2.52. The minimum absolute atomic E-state index is 0.0192. The van der Waals surface area contributed by atoms with Crippen molar-refractivity contribution in [3.63, 3.8) is 0 Å². The molecule has 0 aromatic heterocycles. The van der Waals surface area contributed by atoms with Gasteiger partial charge in [0.25, 0.3) is 5.91 Å². The summed E-state index contributed by atoms with van der Waals surface area (Å²) in [4.78, 5) is 13.9. The largest absolute Gasteiger partial charge is 0.494 e. The van der Waals surface area contributed by atoms with Crippen LogP contribution in [0.4, 0.5) is 0 Å². The lowest BCUT2D eigenvalue weighted by Crippen LogP contribution is -2.31. The van der Waals surface area contributed by atoms with E-state index in [4.69, 9.17) is 10.5 Å². The Hall–Kier alpha value is -1.55. The Morgan fingerprint density at radius 3 is 2.55 bits per heavy atom. The van der Waals surface area contributed by atoms with Gasteiger partial charge in [0.15, 0.2) is 0 Å². The summed E-state index contributed by atoms with van der Waals surface area (Å²) in [6.45, 7) is 5.47. The molecule has 4 nitrogen and oxygen atoms in total. The molecule has 1 rings (SSSR count). The first-order chi connectivity index (χ1) is 9.54. The van der Waals surface area contributed by atoms with Gasteiger partial charge in [0, 0.05) is 25.2 Å². The minimum atomic E-state index is 0.0192. The third-order valence-electron chi connectivity index (χ3n) is 3.13. The molecule has 0 spiro atoms. The number of rotatable bonds is 8. The molecule has 0 aliphatic rings. The molecule has 112 valence electrons. The van der Waals surface area contributed by atoms with Crippen molar-refractivity contribution in [2.75, 3.05) is 20.2 Å². The molecule has 1 amide bonds. The maximum absolute atomic E-state index is 12.2. The maximum atomic E-state index is 12.2. The second-order valence-electron chi connectivity index (χ2n) is 5.22. The highest BCUT2D eigenvalue weighted by molar-refractivity contribution is 5.94. The zero-order valence-corrected chi connectivity index (χ0v) is 12.8. The van der Waals surface area contributed by atoms with Crippen molar-refractivity contribution in [1.82, 2.24) is 4.90 Å². The average Bonchev–Trinajstić information content (AvgIpc) is 2.45. The number of hydrogen-bond acceptors (Lipinski definition) is 3. The number of carbonyl (C=O) groups excluding carboxylic acids is 1. The Morgan fingerprint density at radius 2 is 2.00 bits per heavy atom. The van der Waals surface area contributed by atoms with E-state index in [9.17, 15) is 4.79 Å². The molecule has 0 fully saturated rings. The second-order valence-corrected chi connectivity index (χ2v) is 5.22. The Labute approximate surface area is 121 Å². The molecule has 1 atom stereocenters. The number of unbranched alkanes of at least 4 members (excludes halogenated alkanes) is 1. The van der Waals surface area contributed by atoms with E-state index in [-0.39, 0.29) is 11.9 Å². The quantitative estimate of drug-likeness (QED) is 0.744. The van der Waals surface area contributed by atoms with Gasteiger partial charge in [0.05, 0.1) is 6.61 Å². The Morgan fingerprint density at radius 1 is 1.35 bits per heavy atom. The zero-order chi connectivity index (χ0) is 15.0. The van der Waals surface area contributed by atoms with Crippen LogP contribution in [0, 0.1) is 0 Å². The van der Waals surface area contributed by atoms with Crippen LogP contribution in [-0.4, -0.2) is 37.0 Å². The molecule has 1 aromatic carbocycles. The van der Waals surface area contributed by atoms with Gasteiger partial charge in [-0.2, -0.15) is 0 Å². The van der Waals surface area contributed by atoms with Crippen molar-refractivity contribution in [1.29, 1.82) is 0 Å². The molecule has 2 N–H and O–H groups in total. The molecular formula is C16H26N2O2. The summed E-state index contributed by atoms with van der Waals surface area (Å²) in [5.41, 5.74) is 6.38. The van der Waals surface area contributed by atoms with Crippen LogP contribution in [0.1, 0.15) is 43.5 Å². The first-order valence-electron chi connectivity index (χ1n) is 7.28. The fourth-order valence-corrected chi connectivity index (χ4v) is 1.75. The molecule has 0 radical (unpaired) electrons. The van der Waals surface area contributed by atoms with E-state index in [2.05, 4.69) is 6.92 Å². The number of nitrogens with two attached hydrogens (primary N) is 1. The number of hydrogen-bond donors (Lipinski definition) is 1. The van der Waals surface area contributed by atoms with E-state index in [1.165, 1.54) is 0 Å². The van der Waals surface area contributed by atoms with Crippen molar-refractivity contribution >= 4 is 5.91 Å². The summed E-state index contributed by atoms with van der Waals surface area (Å²) in [6, 6.07) is 7.43. The summed E-state index contributed by atoms with van der Waals surface area (Å²) in [5.74, 6) is 0.832. The summed E-state index contributed by atoms with van der Waals surface area (Å²) in [7, 11) is 1.80.